The maximum Gasteiger partial charge on any atom is 0.222 e. The van der Waals surface area contributed by atoms with Gasteiger partial charge in [0.05, 0.1) is 17.7 Å². The van der Waals surface area contributed by atoms with E-state index in [1.807, 2.05) is 27.7 Å². The second-order valence-corrected chi connectivity index (χ2v) is 4.89. The molecule has 0 unspecified atom stereocenters. The molecule has 1 aromatic heterocycles. The second kappa shape index (κ2) is 4.15. The van der Waals surface area contributed by atoms with Crippen molar-refractivity contribution in [2.24, 2.45) is 5.73 Å². The van der Waals surface area contributed by atoms with Crippen LogP contribution in [-0.2, 0) is 23.2 Å². The average Bonchev–Trinajstić information content (AvgIpc) is 2.42. The van der Waals surface area contributed by atoms with Crippen molar-refractivity contribution in [2.45, 2.75) is 46.1 Å². The third-order valence-electron chi connectivity index (χ3n) is 2.43. The first-order valence-electron chi connectivity index (χ1n) is 5.42. The van der Waals surface area contributed by atoms with Crippen LogP contribution in [0.4, 0.5) is 5.82 Å². The van der Waals surface area contributed by atoms with E-state index in [0.29, 0.717) is 5.82 Å². The first kappa shape index (κ1) is 12.5. The quantitative estimate of drug-likeness (QED) is 0.796. The summed E-state index contributed by atoms with van der Waals surface area (Å²) in [5, 5.41) is 4.44. The number of nitrogens with two attached hydrogens (primary N) is 2. The van der Waals surface area contributed by atoms with Crippen LogP contribution < -0.4 is 11.5 Å². The number of aromatic nitrogens is 2. The predicted molar refractivity (Wildman–Crippen MR) is 63.9 cm³/mol. The maximum atomic E-state index is 11.0. The van der Waals surface area contributed by atoms with E-state index >= 15 is 0 Å². The Bertz CT molecular complexity index is 401. The number of nitrogens with zero attached hydrogens (tertiary/aromatic N) is 2. The van der Waals surface area contributed by atoms with Crippen LogP contribution in [-0.4, -0.2) is 15.7 Å². The molecule has 5 heteroatoms. The molecule has 0 aliphatic carbocycles. The fraction of sp³-hybridized carbons (Fsp3) is 0.636. The van der Waals surface area contributed by atoms with Crippen LogP contribution in [0.3, 0.4) is 0 Å². The van der Waals surface area contributed by atoms with Crippen LogP contribution >= 0.6 is 0 Å². The molecule has 1 rings (SSSR count). The third kappa shape index (κ3) is 2.35. The molecule has 0 radical (unpaired) electrons. The highest BCUT2D eigenvalue weighted by atomic mass is 16.1. The monoisotopic (exact) mass is 224 g/mol. The summed E-state index contributed by atoms with van der Waals surface area (Å²) in [6, 6.07) is 0. The molecule has 90 valence electrons. The normalized spacial score (nSPS) is 11.8. The molecule has 1 aromatic rings. The van der Waals surface area contributed by atoms with E-state index in [-0.39, 0.29) is 17.9 Å². The molecular formula is C11H20N4O. The molecule has 0 saturated carbocycles. The predicted octanol–water partition coefficient (Wildman–Crippen LogP) is 0.810. The van der Waals surface area contributed by atoms with Gasteiger partial charge in [0.1, 0.15) is 5.82 Å². The van der Waals surface area contributed by atoms with Crippen LogP contribution in [0, 0.1) is 0 Å². The third-order valence-corrected chi connectivity index (χ3v) is 2.43. The first-order chi connectivity index (χ1) is 7.27. The number of amides is 1. The molecule has 0 saturated heterocycles. The summed E-state index contributed by atoms with van der Waals surface area (Å²) >= 11 is 0. The fourth-order valence-corrected chi connectivity index (χ4v) is 1.67. The van der Waals surface area contributed by atoms with Crippen molar-refractivity contribution >= 4 is 11.7 Å². The number of carbonyl (C=O) groups excluding carboxylic acids is 1. The van der Waals surface area contributed by atoms with Crippen molar-refractivity contribution < 1.29 is 4.79 Å². The Kier molecular flexibility index (Phi) is 3.26. The molecule has 5 nitrogen and oxygen atoms in total. The Balaban J connectivity index is 3.26. The summed E-state index contributed by atoms with van der Waals surface area (Å²) in [7, 11) is 0. The van der Waals surface area contributed by atoms with Gasteiger partial charge in [-0.15, -0.1) is 0 Å². The zero-order valence-corrected chi connectivity index (χ0v) is 10.4. The van der Waals surface area contributed by atoms with Crippen molar-refractivity contribution in [1.82, 2.24) is 9.78 Å². The fourth-order valence-electron chi connectivity index (χ4n) is 1.67. The van der Waals surface area contributed by atoms with Gasteiger partial charge in [0, 0.05) is 5.56 Å². The van der Waals surface area contributed by atoms with E-state index in [2.05, 4.69) is 5.10 Å². The smallest absolute Gasteiger partial charge is 0.222 e. The van der Waals surface area contributed by atoms with E-state index in [4.69, 9.17) is 11.5 Å². The number of hydrogen-bond donors (Lipinski definition) is 2. The molecular weight excluding hydrogens is 204 g/mol. The average molecular weight is 224 g/mol. The number of primary amides is 1. The highest BCUT2D eigenvalue weighted by Gasteiger charge is 2.23. The SMILES string of the molecule is CCc1nn(C(C)(C)C)c(N)c1CC(N)=O. The lowest BCUT2D eigenvalue weighted by Gasteiger charge is -2.20. The standard InChI is InChI=1S/C11H20N4O/c1-5-8-7(6-9(12)16)10(13)15(14-8)11(2,3)4/h5-6,13H2,1-4H3,(H2,12,16). The van der Waals surface area contributed by atoms with Crippen LogP contribution in [0.1, 0.15) is 39.0 Å². The van der Waals surface area contributed by atoms with E-state index < -0.39 is 0 Å². The molecule has 16 heavy (non-hydrogen) atoms. The lowest BCUT2D eigenvalue weighted by Crippen LogP contribution is -2.25. The zero-order valence-electron chi connectivity index (χ0n) is 10.4. The molecule has 1 amide bonds. The van der Waals surface area contributed by atoms with Crippen LogP contribution in [0.5, 0.6) is 0 Å². The highest BCUT2D eigenvalue weighted by molar-refractivity contribution is 5.78. The number of carbonyl (C=O) groups is 1. The van der Waals surface area contributed by atoms with Crippen molar-refractivity contribution in [2.75, 3.05) is 5.73 Å². The summed E-state index contributed by atoms with van der Waals surface area (Å²) in [6.45, 7) is 8.04. The van der Waals surface area contributed by atoms with Gasteiger partial charge in [-0.25, -0.2) is 4.68 Å². The van der Waals surface area contributed by atoms with Crippen molar-refractivity contribution in [3.05, 3.63) is 11.3 Å². The van der Waals surface area contributed by atoms with Crippen molar-refractivity contribution in [1.29, 1.82) is 0 Å². The first-order valence-corrected chi connectivity index (χ1v) is 5.42. The number of hydrogen-bond acceptors (Lipinski definition) is 3. The molecule has 0 aliphatic rings. The zero-order chi connectivity index (χ0) is 12.5. The largest absolute Gasteiger partial charge is 0.384 e. The van der Waals surface area contributed by atoms with E-state index in [9.17, 15) is 4.79 Å². The summed E-state index contributed by atoms with van der Waals surface area (Å²) in [5.41, 5.74) is 12.6. The summed E-state index contributed by atoms with van der Waals surface area (Å²) < 4.78 is 1.75. The van der Waals surface area contributed by atoms with E-state index in [1.165, 1.54) is 0 Å². The maximum absolute atomic E-state index is 11.0. The Morgan fingerprint density at radius 2 is 2.00 bits per heavy atom. The molecule has 0 atom stereocenters. The molecule has 4 N–H and O–H groups in total. The number of nitrogen functional groups attached to an aromatic ring is 1. The van der Waals surface area contributed by atoms with Gasteiger partial charge in [0.25, 0.3) is 0 Å². The number of aryl methyl sites for hydroxylation is 1. The van der Waals surface area contributed by atoms with Crippen molar-refractivity contribution in [3.8, 4) is 0 Å². The van der Waals surface area contributed by atoms with Gasteiger partial charge in [-0.05, 0) is 27.2 Å². The summed E-state index contributed by atoms with van der Waals surface area (Å²) in [5.74, 6) is 0.165. The molecule has 0 fully saturated rings. The lowest BCUT2D eigenvalue weighted by molar-refractivity contribution is -0.117. The molecule has 0 aliphatic heterocycles. The summed E-state index contributed by atoms with van der Waals surface area (Å²) in [4.78, 5) is 11.0. The Morgan fingerprint density at radius 1 is 1.44 bits per heavy atom. The van der Waals surface area contributed by atoms with Crippen molar-refractivity contribution in [3.63, 3.8) is 0 Å². The number of anilines is 1. The topological polar surface area (TPSA) is 86.9 Å². The van der Waals surface area contributed by atoms with E-state index in [0.717, 1.165) is 17.7 Å². The highest BCUT2D eigenvalue weighted by Crippen LogP contribution is 2.24. The van der Waals surface area contributed by atoms with Gasteiger partial charge < -0.3 is 11.5 Å². The van der Waals surface area contributed by atoms with E-state index in [1.54, 1.807) is 4.68 Å². The van der Waals surface area contributed by atoms with Gasteiger partial charge in [-0.3, -0.25) is 4.79 Å². The minimum atomic E-state index is -0.380. The minimum Gasteiger partial charge on any atom is -0.384 e. The molecule has 0 spiro atoms. The van der Waals surface area contributed by atoms with Gasteiger partial charge in [0.2, 0.25) is 5.91 Å². The molecule has 1 heterocycles. The molecule has 0 aromatic carbocycles. The van der Waals surface area contributed by atoms with Gasteiger partial charge >= 0.3 is 0 Å². The van der Waals surface area contributed by atoms with Crippen LogP contribution in [0.25, 0.3) is 0 Å². The Hall–Kier alpha value is -1.52. The summed E-state index contributed by atoms with van der Waals surface area (Å²) in [6.07, 6.45) is 0.904. The molecule has 0 bridgehead atoms. The number of rotatable bonds is 3. The van der Waals surface area contributed by atoms with Gasteiger partial charge in [-0.2, -0.15) is 5.10 Å². The lowest BCUT2D eigenvalue weighted by atomic mass is 10.1. The minimum absolute atomic E-state index is 0.158. The Morgan fingerprint density at radius 3 is 2.38 bits per heavy atom. The van der Waals surface area contributed by atoms with Gasteiger partial charge in [0.15, 0.2) is 0 Å². The second-order valence-electron chi connectivity index (χ2n) is 4.89. The van der Waals surface area contributed by atoms with Crippen LogP contribution in [0.2, 0.25) is 0 Å². The van der Waals surface area contributed by atoms with Gasteiger partial charge in [-0.1, -0.05) is 6.92 Å². The Labute approximate surface area is 95.8 Å². The van der Waals surface area contributed by atoms with Crippen LogP contribution in [0.15, 0.2) is 0 Å².